The van der Waals surface area contributed by atoms with Crippen molar-refractivity contribution >= 4 is 0 Å². The zero-order valence-electron chi connectivity index (χ0n) is 13.8. The number of hydrogen-bond acceptors (Lipinski definition) is 9. The number of aliphatic hydroxyl groups excluding tert-OH is 6. The molecular formula is C14H34O9. The fourth-order valence-electron chi connectivity index (χ4n) is 0.961. The molecule has 0 aromatic carbocycles. The predicted molar refractivity (Wildman–Crippen MR) is 84.2 cm³/mol. The Morgan fingerprint density at radius 1 is 0.348 bits per heavy atom. The van der Waals surface area contributed by atoms with Gasteiger partial charge in [-0.2, -0.15) is 0 Å². The van der Waals surface area contributed by atoms with Gasteiger partial charge >= 0.3 is 0 Å². The maximum absolute atomic E-state index is 8.42. The van der Waals surface area contributed by atoms with E-state index < -0.39 is 0 Å². The highest BCUT2D eigenvalue weighted by molar-refractivity contribution is 4.38. The van der Waals surface area contributed by atoms with Crippen LogP contribution < -0.4 is 0 Å². The summed E-state index contributed by atoms with van der Waals surface area (Å²) in [7, 11) is 0. The summed E-state index contributed by atoms with van der Waals surface area (Å²) in [6.45, 7) is 3.04. The third-order valence-corrected chi connectivity index (χ3v) is 1.83. The van der Waals surface area contributed by atoms with Crippen molar-refractivity contribution in [3.63, 3.8) is 0 Å². The minimum Gasteiger partial charge on any atom is -0.394 e. The van der Waals surface area contributed by atoms with Crippen molar-refractivity contribution < 1.29 is 44.8 Å². The van der Waals surface area contributed by atoms with Crippen LogP contribution in [0.2, 0.25) is 0 Å². The lowest BCUT2D eigenvalue weighted by molar-refractivity contribution is 0.0473. The molecule has 0 aromatic rings. The molecular weight excluding hydrogens is 312 g/mol. The second-order valence-electron chi connectivity index (χ2n) is 3.89. The van der Waals surface area contributed by atoms with Gasteiger partial charge in [-0.25, -0.2) is 0 Å². The summed E-state index contributed by atoms with van der Waals surface area (Å²) in [5.41, 5.74) is 0. The van der Waals surface area contributed by atoms with Crippen molar-refractivity contribution in [1.29, 1.82) is 0 Å². The minimum atomic E-state index is -0.125. The normalized spacial score (nSPS) is 9.65. The molecule has 0 rings (SSSR count). The van der Waals surface area contributed by atoms with Gasteiger partial charge in [-0.1, -0.05) is 0 Å². The third kappa shape index (κ3) is 44.9. The molecule has 0 amide bonds. The quantitative estimate of drug-likeness (QED) is 0.192. The first-order chi connectivity index (χ1) is 11.2. The largest absolute Gasteiger partial charge is 0.394 e. The Labute approximate surface area is 138 Å². The summed E-state index contributed by atoms with van der Waals surface area (Å²) >= 11 is 0. The highest BCUT2D eigenvalue weighted by Gasteiger charge is 1.91. The van der Waals surface area contributed by atoms with Gasteiger partial charge in [-0.05, 0) is 12.8 Å². The Morgan fingerprint density at radius 3 is 0.826 bits per heavy atom. The molecule has 0 saturated heterocycles. The SMILES string of the molecule is OCCO.OCCO.OCCOCCCOCCCOCCO. The van der Waals surface area contributed by atoms with Crippen molar-refractivity contribution in [2.75, 3.05) is 79.3 Å². The van der Waals surface area contributed by atoms with E-state index in [1.807, 2.05) is 0 Å². The maximum Gasteiger partial charge on any atom is 0.0697 e. The van der Waals surface area contributed by atoms with E-state index >= 15 is 0 Å². The molecule has 23 heavy (non-hydrogen) atoms. The number of hydrogen-bond donors (Lipinski definition) is 6. The van der Waals surface area contributed by atoms with E-state index in [9.17, 15) is 0 Å². The fourth-order valence-corrected chi connectivity index (χ4v) is 0.961. The molecule has 0 heterocycles. The van der Waals surface area contributed by atoms with Gasteiger partial charge in [0.2, 0.25) is 0 Å². The van der Waals surface area contributed by atoms with E-state index in [0.29, 0.717) is 39.6 Å². The molecule has 0 unspecified atom stereocenters. The molecule has 9 heteroatoms. The molecule has 144 valence electrons. The van der Waals surface area contributed by atoms with Crippen molar-refractivity contribution in [1.82, 2.24) is 0 Å². The Morgan fingerprint density at radius 2 is 0.609 bits per heavy atom. The van der Waals surface area contributed by atoms with Gasteiger partial charge in [0.1, 0.15) is 0 Å². The van der Waals surface area contributed by atoms with Crippen LogP contribution in [0, 0.1) is 0 Å². The Kier molecular flexibility index (Phi) is 39.8. The van der Waals surface area contributed by atoms with Gasteiger partial charge in [0.15, 0.2) is 0 Å². The Bertz CT molecular complexity index is 141. The zero-order chi connectivity index (χ0) is 18.0. The van der Waals surface area contributed by atoms with Gasteiger partial charge in [0.25, 0.3) is 0 Å². The highest BCUT2D eigenvalue weighted by Crippen LogP contribution is 1.88. The minimum absolute atomic E-state index is 0.0725. The second kappa shape index (κ2) is 33.3. The van der Waals surface area contributed by atoms with Crippen LogP contribution in [0.5, 0.6) is 0 Å². The molecule has 0 bridgehead atoms. The molecule has 9 nitrogen and oxygen atoms in total. The van der Waals surface area contributed by atoms with E-state index in [2.05, 4.69) is 0 Å². The molecule has 6 N–H and O–H groups in total. The number of aliphatic hydroxyl groups is 6. The Balaban J connectivity index is -0.000000413. The van der Waals surface area contributed by atoms with E-state index in [0.717, 1.165) is 12.8 Å². The molecule has 0 aliphatic heterocycles. The van der Waals surface area contributed by atoms with Gasteiger partial charge < -0.3 is 44.8 Å². The lowest BCUT2D eigenvalue weighted by Gasteiger charge is -2.05. The average molecular weight is 346 g/mol. The topological polar surface area (TPSA) is 149 Å². The van der Waals surface area contributed by atoms with Crippen molar-refractivity contribution in [3.05, 3.63) is 0 Å². The van der Waals surface area contributed by atoms with Crippen LogP contribution in [0.3, 0.4) is 0 Å². The van der Waals surface area contributed by atoms with Gasteiger partial charge in [0, 0.05) is 26.4 Å². The van der Waals surface area contributed by atoms with Crippen LogP contribution in [0.4, 0.5) is 0 Å². The van der Waals surface area contributed by atoms with Crippen LogP contribution in [-0.4, -0.2) is 110 Å². The molecule has 0 saturated carbocycles. The highest BCUT2D eigenvalue weighted by atomic mass is 16.5. The van der Waals surface area contributed by atoms with Crippen LogP contribution in [0.25, 0.3) is 0 Å². The van der Waals surface area contributed by atoms with Crippen molar-refractivity contribution in [3.8, 4) is 0 Å². The molecule has 0 atom stereocenters. The van der Waals surface area contributed by atoms with Crippen LogP contribution in [0.1, 0.15) is 12.8 Å². The van der Waals surface area contributed by atoms with E-state index in [-0.39, 0.29) is 39.6 Å². The van der Waals surface area contributed by atoms with Crippen LogP contribution >= 0.6 is 0 Å². The summed E-state index contributed by atoms with van der Waals surface area (Å²) in [5, 5.41) is 47.3. The van der Waals surface area contributed by atoms with Crippen molar-refractivity contribution in [2.24, 2.45) is 0 Å². The van der Waals surface area contributed by atoms with Gasteiger partial charge in [0.05, 0.1) is 52.9 Å². The van der Waals surface area contributed by atoms with Crippen LogP contribution in [0.15, 0.2) is 0 Å². The Hall–Kier alpha value is -0.360. The summed E-state index contributed by atoms with van der Waals surface area (Å²) in [6.07, 6.45) is 1.69. The third-order valence-electron chi connectivity index (χ3n) is 1.83. The van der Waals surface area contributed by atoms with E-state index in [1.165, 1.54) is 0 Å². The van der Waals surface area contributed by atoms with E-state index in [4.69, 9.17) is 44.8 Å². The molecule has 0 fully saturated rings. The lowest BCUT2D eigenvalue weighted by Crippen LogP contribution is -2.07. The standard InChI is InChI=1S/C10H22O5.2C2H6O2/c11-3-9-14-7-1-5-13-6-2-8-15-10-4-12;2*3-1-2-4/h11-12H,1-10H2;2*3-4H,1-2H2. The summed E-state index contributed by atoms with van der Waals surface area (Å²) in [4.78, 5) is 0. The first kappa shape index (κ1) is 27.5. The smallest absolute Gasteiger partial charge is 0.0697 e. The fraction of sp³-hybridized carbons (Fsp3) is 1.00. The summed E-state index contributed by atoms with van der Waals surface area (Å²) in [5.74, 6) is 0. The predicted octanol–water partition coefficient (Wildman–Crippen LogP) is -2.26. The average Bonchev–Trinajstić information content (AvgIpc) is 2.60. The molecule has 0 aliphatic rings. The first-order valence-electron chi connectivity index (χ1n) is 7.63. The summed E-state index contributed by atoms with van der Waals surface area (Å²) in [6, 6.07) is 0. The molecule has 0 radical (unpaired) electrons. The summed E-state index contributed by atoms with van der Waals surface area (Å²) < 4.78 is 15.4. The molecule has 0 spiro atoms. The first-order valence-corrected chi connectivity index (χ1v) is 7.63. The van der Waals surface area contributed by atoms with Gasteiger partial charge in [-0.15, -0.1) is 0 Å². The number of rotatable bonds is 14. The van der Waals surface area contributed by atoms with Gasteiger partial charge in [-0.3, -0.25) is 0 Å². The maximum atomic E-state index is 8.42. The second-order valence-corrected chi connectivity index (χ2v) is 3.89. The van der Waals surface area contributed by atoms with Crippen LogP contribution in [-0.2, 0) is 14.2 Å². The number of ether oxygens (including phenoxy) is 3. The van der Waals surface area contributed by atoms with E-state index in [1.54, 1.807) is 0 Å². The zero-order valence-corrected chi connectivity index (χ0v) is 13.8. The molecule has 0 aromatic heterocycles. The lowest BCUT2D eigenvalue weighted by atomic mass is 10.4. The van der Waals surface area contributed by atoms with Crippen molar-refractivity contribution in [2.45, 2.75) is 12.8 Å². The molecule has 0 aliphatic carbocycles. The monoisotopic (exact) mass is 346 g/mol.